The van der Waals surface area contributed by atoms with Gasteiger partial charge in [-0.2, -0.15) is 13.2 Å². The van der Waals surface area contributed by atoms with Crippen LogP contribution in [-0.2, 0) is 11.0 Å². The number of hydrogen-bond acceptors (Lipinski definition) is 2. The molecule has 0 atom stereocenters. The average molecular weight is 396 g/mol. The minimum Gasteiger partial charge on any atom is -0.478 e. The zero-order chi connectivity index (χ0) is 16.5. The minimum atomic E-state index is -4.54. The van der Waals surface area contributed by atoms with E-state index in [1.54, 1.807) is 0 Å². The molecule has 0 aliphatic heterocycles. The van der Waals surface area contributed by atoms with Gasteiger partial charge >= 0.3 is 12.1 Å². The van der Waals surface area contributed by atoms with Gasteiger partial charge in [-0.05, 0) is 30.3 Å². The largest absolute Gasteiger partial charge is 0.478 e. The van der Waals surface area contributed by atoms with Crippen LogP contribution in [0.4, 0.5) is 13.2 Å². The second-order valence-corrected chi connectivity index (χ2v) is 5.44. The number of carboxylic acid groups (broad SMARTS) is 1. The van der Waals surface area contributed by atoms with E-state index in [9.17, 15) is 18.0 Å². The van der Waals surface area contributed by atoms with Crippen LogP contribution in [-0.4, -0.2) is 11.1 Å². The van der Waals surface area contributed by atoms with Gasteiger partial charge in [0.1, 0.15) is 11.5 Å². The third-order valence-corrected chi connectivity index (χ3v) is 3.61. The summed E-state index contributed by atoms with van der Waals surface area (Å²) in [7, 11) is 0. The Balaban J connectivity index is 2.47. The van der Waals surface area contributed by atoms with Crippen molar-refractivity contribution in [3.05, 3.63) is 51.2 Å². The lowest BCUT2D eigenvalue weighted by atomic mass is 10.1. The lowest BCUT2D eigenvalue weighted by molar-refractivity contribution is -0.138. The lowest BCUT2D eigenvalue weighted by Crippen LogP contribution is -2.06. The van der Waals surface area contributed by atoms with Crippen LogP contribution >= 0.6 is 27.5 Å². The molecule has 2 rings (SSSR count). The van der Waals surface area contributed by atoms with Gasteiger partial charge in [-0.25, -0.2) is 4.79 Å². The summed E-state index contributed by atoms with van der Waals surface area (Å²) in [5.74, 6) is -0.878. The molecule has 1 aromatic carbocycles. The van der Waals surface area contributed by atoms with E-state index in [0.29, 0.717) is 0 Å². The summed E-state index contributed by atoms with van der Waals surface area (Å²) in [5, 5.41) is 8.59. The first kappa shape index (κ1) is 16.6. The van der Waals surface area contributed by atoms with Crippen LogP contribution in [0.15, 0.2) is 39.2 Å². The van der Waals surface area contributed by atoms with Gasteiger partial charge in [0.25, 0.3) is 0 Å². The molecule has 2 aromatic rings. The second-order valence-electron chi connectivity index (χ2n) is 4.18. The van der Waals surface area contributed by atoms with Crippen LogP contribution in [0.25, 0.3) is 17.4 Å². The van der Waals surface area contributed by atoms with Gasteiger partial charge < -0.3 is 9.52 Å². The Labute approximate surface area is 136 Å². The van der Waals surface area contributed by atoms with Gasteiger partial charge in [-0.3, -0.25) is 0 Å². The maximum Gasteiger partial charge on any atom is 0.417 e. The van der Waals surface area contributed by atoms with Crippen molar-refractivity contribution < 1.29 is 27.5 Å². The Hall–Kier alpha value is -1.73. The van der Waals surface area contributed by atoms with E-state index in [0.717, 1.165) is 18.2 Å². The second kappa shape index (κ2) is 6.18. The zero-order valence-electron chi connectivity index (χ0n) is 10.6. The van der Waals surface area contributed by atoms with Crippen molar-refractivity contribution in [2.24, 2.45) is 0 Å². The molecule has 116 valence electrons. The van der Waals surface area contributed by atoms with Gasteiger partial charge in [0, 0.05) is 16.1 Å². The fourth-order valence-electron chi connectivity index (χ4n) is 1.70. The van der Waals surface area contributed by atoms with Crippen molar-refractivity contribution in [1.82, 2.24) is 0 Å². The molecule has 0 aliphatic rings. The van der Waals surface area contributed by atoms with Crippen LogP contribution in [0.5, 0.6) is 0 Å². The van der Waals surface area contributed by atoms with Gasteiger partial charge in [0.05, 0.1) is 10.6 Å². The molecule has 0 unspecified atom stereocenters. The molecule has 0 saturated carbocycles. The van der Waals surface area contributed by atoms with E-state index < -0.39 is 17.7 Å². The lowest BCUT2D eigenvalue weighted by Gasteiger charge is -2.11. The molecule has 0 radical (unpaired) electrons. The summed E-state index contributed by atoms with van der Waals surface area (Å²) < 4.78 is 43.8. The highest BCUT2D eigenvalue weighted by Gasteiger charge is 2.34. The van der Waals surface area contributed by atoms with E-state index in [4.69, 9.17) is 21.1 Å². The van der Waals surface area contributed by atoms with Crippen molar-refractivity contribution in [1.29, 1.82) is 0 Å². The molecule has 0 saturated heterocycles. The number of hydrogen-bond donors (Lipinski definition) is 1. The molecule has 1 N–H and O–H groups in total. The summed E-state index contributed by atoms with van der Waals surface area (Å²) >= 11 is 8.78. The van der Waals surface area contributed by atoms with E-state index in [-0.39, 0.29) is 26.6 Å². The van der Waals surface area contributed by atoms with Crippen LogP contribution in [0.3, 0.4) is 0 Å². The molecule has 0 aliphatic carbocycles. The molecule has 0 bridgehead atoms. The third-order valence-electron chi connectivity index (χ3n) is 2.64. The number of aliphatic carboxylic acids is 1. The number of alkyl halides is 3. The summed E-state index contributed by atoms with van der Waals surface area (Å²) in [6.07, 6.45) is -2.51. The molecular weight excluding hydrogens is 389 g/mol. The van der Waals surface area contributed by atoms with E-state index >= 15 is 0 Å². The third kappa shape index (κ3) is 3.72. The molecule has 0 spiro atoms. The summed E-state index contributed by atoms with van der Waals surface area (Å²) in [6, 6.07) is 4.85. The van der Waals surface area contributed by atoms with E-state index in [1.165, 1.54) is 18.2 Å². The molecular formula is C14H7BrClF3O3. The standard InChI is InChI=1S/C14H7BrClF3O3/c15-10-6-11(16)8(5-9(10)14(17,18)19)12-3-1-7(22-12)2-4-13(20)21/h1-6H,(H,20,21). The van der Waals surface area contributed by atoms with Crippen molar-refractivity contribution >= 4 is 39.6 Å². The van der Waals surface area contributed by atoms with Crippen LogP contribution in [0, 0.1) is 0 Å². The SMILES string of the molecule is O=C(O)C=Cc1ccc(-c2cc(C(F)(F)F)c(Br)cc2Cl)o1. The zero-order valence-corrected chi connectivity index (χ0v) is 13.0. The summed E-state index contributed by atoms with van der Waals surface area (Å²) in [5.41, 5.74) is -0.821. The number of halogens is 5. The normalized spacial score (nSPS) is 12.0. The maximum atomic E-state index is 12.9. The Kier molecular flexibility index (Phi) is 4.67. The molecule has 22 heavy (non-hydrogen) atoms. The monoisotopic (exact) mass is 394 g/mol. The fraction of sp³-hybridized carbons (Fsp3) is 0.0714. The van der Waals surface area contributed by atoms with Crippen LogP contribution in [0.2, 0.25) is 5.02 Å². The van der Waals surface area contributed by atoms with Crippen molar-refractivity contribution in [2.75, 3.05) is 0 Å². The van der Waals surface area contributed by atoms with Crippen molar-refractivity contribution in [3.63, 3.8) is 0 Å². The maximum absolute atomic E-state index is 12.9. The first-order valence-corrected chi connectivity index (χ1v) is 6.93. The van der Waals surface area contributed by atoms with Crippen molar-refractivity contribution in [2.45, 2.75) is 6.18 Å². The fourth-order valence-corrected chi connectivity index (χ4v) is 2.65. The first-order valence-electron chi connectivity index (χ1n) is 5.76. The predicted molar refractivity (Wildman–Crippen MR) is 78.5 cm³/mol. The van der Waals surface area contributed by atoms with Crippen LogP contribution < -0.4 is 0 Å². The number of carbonyl (C=O) groups is 1. The molecule has 1 heterocycles. The quantitative estimate of drug-likeness (QED) is 0.700. The van der Waals surface area contributed by atoms with Crippen molar-refractivity contribution in [3.8, 4) is 11.3 Å². The Morgan fingerprint density at radius 3 is 2.59 bits per heavy atom. The topological polar surface area (TPSA) is 50.4 Å². The number of carboxylic acids is 1. The van der Waals surface area contributed by atoms with Gasteiger partial charge in [-0.15, -0.1) is 0 Å². The average Bonchev–Trinajstić information content (AvgIpc) is 2.83. The van der Waals surface area contributed by atoms with E-state index in [1.807, 2.05) is 0 Å². The highest BCUT2D eigenvalue weighted by atomic mass is 79.9. The number of benzene rings is 1. The summed E-state index contributed by atoms with van der Waals surface area (Å²) in [6.45, 7) is 0. The number of rotatable bonds is 3. The van der Waals surface area contributed by atoms with Gasteiger partial charge in [-0.1, -0.05) is 27.5 Å². The Morgan fingerprint density at radius 1 is 1.32 bits per heavy atom. The Bertz CT molecular complexity index is 750. The van der Waals surface area contributed by atoms with Crippen LogP contribution in [0.1, 0.15) is 11.3 Å². The molecule has 3 nitrogen and oxygen atoms in total. The molecule has 0 fully saturated rings. The molecule has 8 heteroatoms. The smallest absolute Gasteiger partial charge is 0.417 e. The summed E-state index contributed by atoms with van der Waals surface area (Å²) in [4.78, 5) is 10.4. The highest BCUT2D eigenvalue weighted by Crippen LogP contribution is 2.41. The molecule has 1 aromatic heterocycles. The van der Waals surface area contributed by atoms with Gasteiger partial charge in [0.15, 0.2) is 0 Å². The van der Waals surface area contributed by atoms with Gasteiger partial charge in [0.2, 0.25) is 0 Å². The van der Waals surface area contributed by atoms with E-state index in [2.05, 4.69) is 15.9 Å². The predicted octanol–water partition coefficient (Wildman–Crippen LogP) is 5.48. The first-order chi connectivity index (χ1) is 10.2. The highest BCUT2D eigenvalue weighted by molar-refractivity contribution is 9.10. The minimum absolute atomic E-state index is 0.0622. The number of furan rings is 1. The molecule has 0 amide bonds. The Morgan fingerprint density at radius 2 is 2.00 bits per heavy atom.